The smallest absolute Gasteiger partial charge is 0.332 e. The number of nitrogens with zero attached hydrogens (tertiary/aromatic N) is 4. The average Bonchev–Trinajstić information content (AvgIpc) is 3.01. The fraction of sp³-hybridized carbons (Fsp3) is 0.250. The quantitative estimate of drug-likeness (QED) is 0.641. The Morgan fingerprint density at radius 1 is 1.24 bits per heavy atom. The molecular weight excluding hydrogens is 331 g/mol. The molecule has 3 aromatic rings. The van der Waals surface area contributed by atoms with Crippen molar-refractivity contribution in [1.29, 1.82) is 0 Å². The number of Topliss-reactive ketones (excluding diaryl/α,β-unsaturated/α-hetero) is 1. The SMILES string of the molecule is COc1ccc(F)cc1C(=O)Cn1cnc2c1c(=O)n(C)c(=O)n2C. The van der Waals surface area contributed by atoms with E-state index >= 15 is 0 Å². The third-order valence-electron chi connectivity index (χ3n) is 3.99. The first-order chi connectivity index (χ1) is 11.8. The maximum Gasteiger partial charge on any atom is 0.332 e. The Kier molecular flexibility index (Phi) is 3.99. The maximum atomic E-state index is 13.5. The molecule has 2 heterocycles. The fourth-order valence-electron chi connectivity index (χ4n) is 2.65. The van der Waals surface area contributed by atoms with Crippen LogP contribution in [0.15, 0.2) is 34.1 Å². The van der Waals surface area contributed by atoms with Crippen molar-refractivity contribution in [2.45, 2.75) is 6.54 Å². The molecule has 25 heavy (non-hydrogen) atoms. The van der Waals surface area contributed by atoms with Crippen LogP contribution in [-0.4, -0.2) is 31.6 Å². The molecule has 0 unspecified atom stereocenters. The summed E-state index contributed by atoms with van der Waals surface area (Å²) in [6.07, 6.45) is 1.30. The zero-order valence-corrected chi connectivity index (χ0v) is 13.8. The first-order valence-electron chi connectivity index (χ1n) is 7.32. The number of carbonyl (C=O) groups is 1. The minimum absolute atomic E-state index is 0.0611. The summed E-state index contributed by atoms with van der Waals surface area (Å²) < 4.78 is 22.1. The zero-order chi connectivity index (χ0) is 18.3. The van der Waals surface area contributed by atoms with Gasteiger partial charge < -0.3 is 9.30 Å². The van der Waals surface area contributed by atoms with Crippen molar-refractivity contribution >= 4 is 16.9 Å². The standard InChI is InChI=1S/C16H15FN4O4/c1-19-14-13(15(23)20(2)16(19)24)21(8-18-14)7-11(22)10-6-9(17)4-5-12(10)25-3/h4-6,8H,7H2,1-3H3. The van der Waals surface area contributed by atoms with Crippen molar-refractivity contribution in [2.24, 2.45) is 14.1 Å². The van der Waals surface area contributed by atoms with Gasteiger partial charge in [0.15, 0.2) is 16.9 Å². The summed E-state index contributed by atoms with van der Waals surface area (Å²) in [5.74, 6) is -0.791. The van der Waals surface area contributed by atoms with E-state index in [9.17, 15) is 18.8 Å². The highest BCUT2D eigenvalue weighted by atomic mass is 19.1. The van der Waals surface area contributed by atoms with E-state index in [-0.39, 0.29) is 29.0 Å². The minimum atomic E-state index is -0.571. The summed E-state index contributed by atoms with van der Waals surface area (Å²) >= 11 is 0. The number of carbonyl (C=O) groups excluding carboxylic acids is 1. The molecule has 0 atom stereocenters. The lowest BCUT2D eigenvalue weighted by molar-refractivity contribution is 0.0970. The molecular formula is C16H15FN4O4. The fourth-order valence-corrected chi connectivity index (χ4v) is 2.65. The van der Waals surface area contributed by atoms with Crippen LogP contribution in [0.4, 0.5) is 4.39 Å². The first-order valence-corrected chi connectivity index (χ1v) is 7.32. The summed E-state index contributed by atoms with van der Waals surface area (Å²) in [4.78, 5) is 40.9. The summed E-state index contributed by atoms with van der Waals surface area (Å²) in [6, 6.07) is 3.62. The van der Waals surface area contributed by atoms with E-state index in [1.165, 1.54) is 48.8 Å². The van der Waals surface area contributed by atoms with E-state index in [2.05, 4.69) is 4.98 Å². The number of aromatic nitrogens is 4. The molecule has 9 heteroatoms. The Bertz CT molecular complexity index is 1110. The number of benzene rings is 1. The zero-order valence-electron chi connectivity index (χ0n) is 13.8. The third-order valence-corrected chi connectivity index (χ3v) is 3.99. The Balaban J connectivity index is 2.11. The van der Waals surface area contributed by atoms with Crippen LogP contribution in [0.3, 0.4) is 0 Å². The Hall–Kier alpha value is -3.23. The van der Waals surface area contributed by atoms with E-state index in [0.717, 1.165) is 10.6 Å². The molecule has 0 fully saturated rings. The van der Waals surface area contributed by atoms with E-state index in [4.69, 9.17) is 4.74 Å². The van der Waals surface area contributed by atoms with Gasteiger partial charge in [-0.3, -0.25) is 18.7 Å². The van der Waals surface area contributed by atoms with Gasteiger partial charge in [0.05, 0.1) is 25.5 Å². The van der Waals surface area contributed by atoms with Crippen LogP contribution in [-0.2, 0) is 20.6 Å². The molecule has 0 spiro atoms. The molecule has 2 aromatic heterocycles. The highest BCUT2D eigenvalue weighted by molar-refractivity contribution is 5.99. The lowest BCUT2D eigenvalue weighted by atomic mass is 10.1. The number of rotatable bonds is 4. The Morgan fingerprint density at radius 3 is 2.64 bits per heavy atom. The summed E-state index contributed by atoms with van der Waals surface area (Å²) in [6.45, 7) is -0.246. The van der Waals surface area contributed by atoms with Crippen LogP contribution >= 0.6 is 0 Å². The molecule has 3 rings (SSSR count). The number of fused-ring (bicyclic) bond motifs is 1. The van der Waals surface area contributed by atoms with Gasteiger partial charge in [0, 0.05) is 14.1 Å². The largest absolute Gasteiger partial charge is 0.496 e. The molecule has 0 bridgehead atoms. The van der Waals surface area contributed by atoms with Gasteiger partial charge in [0.1, 0.15) is 11.6 Å². The second-order valence-electron chi connectivity index (χ2n) is 5.52. The number of aryl methyl sites for hydroxylation is 1. The van der Waals surface area contributed by atoms with Crippen LogP contribution in [0.1, 0.15) is 10.4 Å². The number of ketones is 1. The molecule has 0 aliphatic heterocycles. The second-order valence-corrected chi connectivity index (χ2v) is 5.52. The molecule has 0 N–H and O–H groups in total. The molecule has 0 saturated heterocycles. The molecule has 1 aromatic carbocycles. The summed E-state index contributed by atoms with van der Waals surface area (Å²) in [5.41, 5.74) is -0.720. The molecule has 0 aliphatic carbocycles. The van der Waals surface area contributed by atoms with Gasteiger partial charge in [-0.2, -0.15) is 0 Å². The Morgan fingerprint density at radius 2 is 1.96 bits per heavy atom. The minimum Gasteiger partial charge on any atom is -0.496 e. The van der Waals surface area contributed by atoms with Crippen molar-refractivity contribution in [3.63, 3.8) is 0 Å². The lowest BCUT2D eigenvalue weighted by Gasteiger charge is -2.09. The summed E-state index contributed by atoms with van der Waals surface area (Å²) in [5, 5.41) is 0. The van der Waals surface area contributed by atoms with Gasteiger partial charge >= 0.3 is 5.69 Å². The molecule has 130 valence electrons. The number of hydrogen-bond donors (Lipinski definition) is 0. The predicted molar refractivity (Wildman–Crippen MR) is 87.5 cm³/mol. The van der Waals surface area contributed by atoms with Crippen LogP contribution in [0.2, 0.25) is 0 Å². The molecule has 0 saturated carbocycles. The van der Waals surface area contributed by atoms with Crippen LogP contribution < -0.4 is 16.0 Å². The number of methoxy groups -OCH3 is 1. The van der Waals surface area contributed by atoms with E-state index in [0.29, 0.717) is 0 Å². The third kappa shape index (κ3) is 2.63. The van der Waals surface area contributed by atoms with Crippen molar-refractivity contribution in [1.82, 2.24) is 18.7 Å². The lowest BCUT2D eigenvalue weighted by Crippen LogP contribution is -2.37. The van der Waals surface area contributed by atoms with Crippen molar-refractivity contribution in [3.8, 4) is 5.75 Å². The van der Waals surface area contributed by atoms with Crippen LogP contribution in [0, 0.1) is 5.82 Å². The van der Waals surface area contributed by atoms with Crippen molar-refractivity contribution in [3.05, 3.63) is 56.7 Å². The molecule has 8 nitrogen and oxygen atoms in total. The highest BCUT2D eigenvalue weighted by Crippen LogP contribution is 2.21. The first kappa shape index (κ1) is 16.6. The molecule has 0 aliphatic rings. The maximum absolute atomic E-state index is 13.5. The van der Waals surface area contributed by atoms with Crippen LogP contribution in [0.25, 0.3) is 11.2 Å². The highest BCUT2D eigenvalue weighted by Gasteiger charge is 2.19. The average molecular weight is 346 g/mol. The van der Waals surface area contributed by atoms with Gasteiger partial charge in [0.2, 0.25) is 0 Å². The second kappa shape index (κ2) is 6.00. The monoisotopic (exact) mass is 346 g/mol. The number of hydrogen-bond acceptors (Lipinski definition) is 5. The number of imidazole rings is 1. The number of ether oxygens (including phenoxy) is 1. The normalized spacial score (nSPS) is 11.0. The van der Waals surface area contributed by atoms with Gasteiger partial charge in [-0.1, -0.05) is 0 Å². The molecule has 0 radical (unpaired) electrons. The number of halogens is 1. The topological polar surface area (TPSA) is 88.1 Å². The van der Waals surface area contributed by atoms with E-state index < -0.39 is 22.8 Å². The Labute approximate surface area is 140 Å². The van der Waals surface area contributed by atoms with E-state index in [1.54, 1.807) is 0 Å². The molecule has 0 amide bonds. The van der Waals surface area contributed by atoms with Crippen molar-refractivity contribution < 1.29 is 13.9 Å². The van der Waals surface area contributed by atoms with E-state index in [1.807, 2.05) is 0 Å². The van der Waals surface area contributed by atoms with Gasteiger partial charge in [-0.05, 0) is 18.2 Å². The predicted octanol–water partition coefficient (Wildman–Crippen LogP) is 0.464. The van der Waals surface area contributed by atoms with Gasteiger partial charge in [0.25, 0.3) is 5.56 Å². The van der Waals surface area contributed by atoms with Crippen LogP contribution in [0.5, 0.6) is 5.75 Å². The summed E-state index contributed by atoms with van der Waals surface area (Å²) in [7, 11) is 4.21. The van der Waals surface area contributed by atoms with Gasteiger partial charge in [-0.25, -0.2) is 14.2 Å². The van der Waals surface area contributed by atoms with Gasteiger partial charge in [-0.15, -0.1) is 0 Å². The van der Waals surface area contributed by atoms with Crippen molar-refractivity contribution in [2.75, 3.05) is 7.11 Å².